The summed E-state index contributed by atoms with van der Waals surface area (Å²) in [5.41, 5.74) is 0.438. The molecular weight excluding hydrogens is 410 g/mol. The summed E-state index contributed by atoms with van der Waals surface area (Å²) in [6, 6.07) is 3.27. The van der Waals surface area contributed by atoms with E-state index in [0.29, 0.717) is 19.6 Å². The van der Waals surface area contributed by atoms with E-state index >= 15 is 0 Å². The zero-order valence-electron chi connectivity index (χ0n) is 18.2. The largest absolute Gasteiger partial charge is 0.494 e. The van der Waals surface area contributed by atoms with Crippen molar-refractivity contribution >= 4 is 17.6 Å². The number of aromatic nitrogens is 1. The van der Waals surface area contributed by atoms with Crippen molar-refractivity contribution in [3.8, 4) is 5.88 Å². The highest BCUT2D eigenvalue weighted by Crippen LogP contribution is 2.31. The van der Waals surface area contributed by atoms with Crippen LogP contribution in [0.4, 0.5) is 4.79 Å². The van der Waals surface area contributed by atoms with Gasteiger partial charge in [-0.1, -0.05) is 30.4 Å². The van der Waals surface area contributed by atoms with Crippen LogP contribution in [-0.2, 0) is 9.53 Å². The van der Waals surface area contributed by atoms with Crippen molar-refractivity contribution in [3.63, 3.8) is 0 Å². The van der Waals surface area contributed by atoms with Crippen LogP contribution in [0.15, 0.2) is 60.5 Å². The summed E-state index contributed by atoms with van der Waals surface area (Å²) in [7, 11) is 0. The number of carboxylic acids is 1. The number of carbonyl (C=O) groups is 2. The summed E-state index contributed by atoms with van der Waals surface area (Å²) in [6.07, 6.45) is 15.0. The summed E-state index contributed by atoms with van der Waals surface area (Å²) in [6.45, 7) is 3.93. The van der Waals surface area contributed by atoms with E-state index in [1.807, 2.05) is 41.3 Å². The number of hydrogen-bond acceptors (Lipinski definition) is 5. The Morgan fingerprint density at radius 2 is 2.12 bits per heavy atom. The number of pyridine rings is 1. The van der Waals surface area contributed by atoms with Crippen LogP contribution in [-0.4, -0.2) is 57.8 Å². The molecule has 2 N–H and O–H groups in total. The molecule has 0 spiro atoms. The first-order valence-electron chi connectivity index (χ1n) is 10.7. The second kappa shape index (κ2) is 8.90. The molecule has 1 saturated heterocycles. The Morgan fingerprint density at radius 1 is 1.28 bits per heavy atom. The molecule has 2 amide bonds. The maximum atomic E-state index is 12.9. The number of rotatable bonds is 5. The molecule has 32 heavy (non-hydrogen) atoms. The molecule has 2 heterocycles. The van der Waals surface area contributed by atoms with Gasteiger partial charge in [0, 0.05) is 17.8 Å². The number of carboxylic acid groups (broad SMARTS) is 1. The van der Waals surface area contributed by atoms with Crippen LogP contribution in [0.3, 0.4) is 0 Å². The Bertz CT molecular complexity index is 1010. The lowest BCUT2D eigenvalue weighted by Gasteiger charge is -2.39. The lowest BCUT2D eigenvalue weighted by Crippen LogP contribution is -2.53. The summed E-state index contributed by atoms with van der Waals surface area (Å²) < 4.78 is 11.3. The second-order valence-electron chi connectivity index (χ2n) is 8.41. The number of hydrogen-bond donors (Lipinski definition) is 2. The van der Waals surface area contributed by atoms with E-state index in [1.54, 1.807) is 12.3 Å². The highest BCUT2D eigenvalue weighted by atomic mass is 16.5. The minimum Gasteiger partial charge on any atom is -0.494 e. The average Bonchev–Trinajstić information content (AvgIpc) is 2.79. The van der Waals surface area contributed by atoms with Gasteiger partial charge in [0.05, 0.1) is 18.6 Å². The van der Waals surface area contributed by atoms with Crippen molar-refractivity contribution in [1.29, 1.82) is 0 Å². The normalized spacial score (nSPS) is 22.2. The van der Waals surface area contributed by atoms with Crippen LogP contribution in [0.5, 0.6) is 5.88 Å². The Morgan fingerprint density at radius 3 is 2.81 bits per heavy atom. The van der Waals surface area contributed by atoms with Gasteiger partial charge in [0.1, 0.15) is 12.4 Å². The Labute approximate surface area is 186 Å². The van der Waals surface area contributed by atoms with Crippen molar-refractivity contribution in [1.82, 2.24) is 15.2 Å². The first-order valence-corrected chi connectivity index (χ1v) is 10.7. The zero-order valence-corrected chi connectivity index (χ0v) is 18.2. The molecule has 8 heteroatoms. The average molecular weight is 437 g/mol. The van der Waals surface area contributed by atoms with Crippen molar-refractivity contribution < 1.29 is 24.2 Å². The van der Waals surface area contributed by atoms with Crippen LogP contribution < -0.4 is 10.1 Å². The number of nitrogens with zero attached hydrogens (tertiary/aromatic N) is 2. The molecule has 3 aliphatic rings. The first-order chi connectivity index (χ1) is 15.3. The molecule has 2 unspecified atom stereocenters. The SMILES string of the molecule is CC(C)(Oc1ccc(C2=CCC3C(=C2)OCCN3C(=O)NC2C=CC=CC2)cn1)C(=O)O. The fourth-order valence-corrected chi connectivity index (χ4v) is 3.79. The Kier molecular flexibility index (Phi) is 6.03. The van der Waals surface area contributed by atoms with Crippen molar-refractivity contribution in [3.05, 3.63) is 66.1 Å². The number of nitrogens with one attached hydrogen (secondary N) is 1. The van der Waals surface area contributed by atoms with Crippen molar-refractivity contribution in [2.24, 2.45) is 0 Å². The third-order valence-electron chi connectivity index (χ3n) is 5.66. The number of ether oxygens (including phenoxy) is 2. The predicted molar refractivity (Wildman–Crippen MR) is 119 cm³/mol. The third kappa shape index (κ3) is 4.69. The van der Waals surface area contributed by atoms with Crippen LogP contribution in [0.25, 0.3) is 5.57 Å². The summed E-state index contributed by atoms with van der Waals surface area (Å²) >= 11 is 0. The smallest absolute Gasteiger partial charge is 0.347 e. The first kappa shape index (κ1) is 21.7. The minimum absolute atomic E-state index is 0.00961. The summed E-state index contributed by atoms with van der Waals surface area (Å²) in [5.74, 6) is -0.0602. The Hall–Kier alpha value is -3.55. The molecule has 0 radical (unpaired) electrons. The van der Waals surface area contributed by atoms with E-state index in [0.717, 1.165) is 23.3 Å². The van der Waals surface area contributed by atoms with Gasteiger partial charge in [-0.25, -0.2) is 14.6 Å². The molecule has 0 aromatic carbocycles. The number of allylic oxidation sites excluding steroid dienone is 4. The standard InChI is InChI=1S/C24H27N3O5/c1-24(2,22(28)29)32-21-11-9-17(15-25-21)16-8-10-19-20(14-16)31-13-12-27(19)23(30)26-18-6-4-3-5-7-18/h3-6,8-9,11,14-15,18-19H,7,10,12-13H2,1-2H3,(H,26,30)(H,28,29). The number of urea groups is 1. The lowest BCUT2D eigenvalue weighted by molar-refractivity contribution is -0.152. The maximum absolute atomic E-state index is 12.9. The van der Waals surface area contributed by atoms with Gasteiger partial charge in [-0.05, 0) is 44.4 Å². The zero-order chi connectivity index (χ0) is 22.7. The molecule has 0 saturated carbocycles. The minimum atomic E-state index is -1.36. The van der Waals surface area contributed by atoms with Gasteiger partial charge < -0.3 is 24.8 Å². The number of amides is 2. The molecule has 1 aromatic rings. The topological polar surface area (TPSA) is 101 Å². The number of carbonyl (C=O) groups excluding carboxylic acids is 1. The molecule has 1 fully saturated rings. The Balaban J connectivity index is 1.43. The van der Waals surface area contributed by atoms with Crippen molar-refractivity contribution in [2.45, 2.75) is 44.4 Å². The summed E-state index contributed by atoms with van der Waals surface area (Å²) in [4.78, 5) is 30.2. The number of fused-ring (bicyclic) bond motifs is 1. The molecule has 168 valence electrons. The number of aliphatic carboxylic acids is 1. The van der Waals surface area contributed by atoms with E-state index in [9.17, 15) is 14.7 Å². The van der Waals surface area contributed by atoms with Gasteiger partial charge in [0.25, 0.3) is 0 Å². The molecule has 0 bridgehead atoms. The van der Waals surface area contributed by atoms with Crippen LogP contribution >= 0.6 is 0 Å². The van der Waals surface area contributed by atoms with Gasteiger partial charge in [0.15, 0.2) is 0 Å². The van der Waals surface area contributed by atoms with Crippen LogP contribution in [0, 0.1) is 0 Å². The second-order valence-corrected chi connectivity index (χ2v) is 8.41. The van der Waals surface area contributed by atoms with Gasteiger partial charge in [-0.2, -0.15) is 0 Å². The van der Waals surface area contributed by atoms with Crippen LogP contribution in [0.1, 0.15) is 32.3 Å². The predicted octanol–water partition coefficient (Wildman–Crippen LogP) is 3.29. The van der Waals surface area contributed by atoms with E-state index in [-0.39, 0.29) is 24.0 Å². The third-order valence-corrected chi connectivity index (χ3v) is 5.66. The van der Waals surface area contributed by atoms with Crippen molar-refractivity contribution in [2.75, 3.05) is 13.2 Å². The molecule has 1 aliphatic heterocycles. The van der Waals surface area contributed by atoms with Gasteiger partial charge >= 0.3 is 12.0 Å². The van der Waals surface area contributed by atoms with Gasteiger partial charge in [0.2, 0.25) is 11.5 Å². The molecule has 8 nitrogen and oxygen atoms in total. The maximum Gasteiger partial charge on any atom is 0.347 e. The van der Waals surface area contributed by atoms with Crippen LogP contribution in [0.2, 0.25) is 0 Å². The summed E-state index contributed by atoms with van der Waals surface area (Å²) in [5, 5.41) is 12.3. The molecule has 4 rings (SSSR count). The van der Waals surface area contributed by atoms with E-state index < -0.39 is 11.6 Å². The monoisotopic (exact) mass is 437 g/mol. The number of morpholine rings is 1. The van der Waals surface area contributed by atoms with E-state index in [4.69, 9.17) is 9.47 Å². The molecule has 2 aliphatic carbocycles. The highest BCUT2D eigenvalue weighted by Gasteiger charge is 2.34. The van der Waals surface area contributed by atoms with Gasteiger partial charge in [-0.3, -0.25) is 0 Å². The molecule has 1 aromatic heterocycles. The fourth-order valence-electron chi connectivity index (χ4n) is 3.79. The fraction of sp³-hybridized carbons (Fsp3) is 0.375. The van der Waals surface area contributed by atoms with Gasteiger partial charge in [-0.15, -0.1) is 0 Å². The highest BCUT2D eigenvalue weighted by molar-refractivity contribution is 5.79. The van der Waals surface area contributed by atoms with E-state index in [2.05, 4.69) is 16.4 Å². The quantitative estimate of drug-likeness (QED) is 0.733. The lowest BCUT2D eigenvalue weighted by atomic mass is 9.95. The molecule has 2 atom stereocenters. The molecular formula is C24H27N3O5. The van der Waals surface area contributed by atoms with E-state index in [1.165, 1.54) is 13.8 Å².